The van der Waals surface area contributed by atoms with E-state index in [0.717, 1.165) is 15.6 Å². The highest BCUT2D eigenvalue weighted by molar-refractivity contribution is 7.89. The van der Waals surface area contributed by atoms with E-state index < -0.39 is 15.9 Å². The van der Waals surface area contributed by atoms with Crippen molar-refractivity contribution in [3.05, 3.63) is 53.9 Å². The monoisotopic (exact) mass is 416 g/mol. The molecule has 2 heterocycles. The van der Waals surface area contributed by atoms with Crippen LogP contribution in [0.25, 0.3) is 0 Å². The van der Waals surface area contributed by atoms with Crippen molar-refractivity contribution in [3.8, 4) is 0 Å². The van der Waals surface area contributed by atoms with Crippen molar-refractivity contribution in [2.75, 3.05) is 26.0 Å². The fourth-order valence-electron chi connectivity index (χ4n) is 3.13. The molecule has 9 heteroatoms. The van der Waals surface area contributed by atoms with E-state index in [1.54, 1.807) is 30.2 Å². The van der Waals surface area contributed by atoms with Gasteiger partial charge in [-0.25, -0.2) is 12.7 Å². The molecule has 0 bridgehead atoms. The van der Waals surface area contributed by atoms with Gasteiger partial charge in [-0.3, -0.25) is 14.6 Å². The first-order valence-electron chi connectivity index (χ1n) is 9.20. The number of nitrogens with one attached hydrogen (secondary N) is 1. The Morgan fingerprint density at radius 3 is 2.69 bits per heavy atom. The second-order valence-corrected chi connectivity index (χ2v) is 9.40. The van der Waals surface area contributed by atoms with Gasteiger partial charge < -0.3 is 10.2 Å². The number of amides is 2. The van der Waals surface area contributed by atoms with E-state index >= 15 is 0 Å². The molecule has 1 saturated heterocycles. The highest BCUT2D eigenvalue weighted by Gasteiger charge is 2.34. The summed E-state index contributed by atoms with van der Waals surface area (Å²) in [7, 11) is -0.706. The zero-order valence-electron chi connectivity index (χ0n) is 16.6. The summed E-state index contributed by atoms with van der Waals surface area (Å²) in [6, 6.07) is 10.1. The number of carbonyl (C=O) groups is 2. The molecule has 2 amide bonds. The van der Waals surface area contributed by atoms with Crippen molar-refractivity contribution in [3.63, 3.8) is 0 Å². The Morgan fingerprint density at radius 1 is 1.28 bits per heavy atom. The molecule has 1 fully saturated rings. The summed E-state index contributed by atoms with van der Waals surface area (Å²) >= 11 is 0. The molecule has 29 heavy (non-hydrogen) atoms. The molecule has 1 aliphatic rings. The molecule has 154 valence electrons. The van der Waals surface area contributed by atoms with Crippen molar-refractivity contribution in [1.82, 2.24) is 14.2 Å². The van der Waals surface area contributed by atoms with Gasteiger partial charge >= 0.3 is 0 Å². The molecule has 1 aromatic carbocycles. The minimum atomic E-state index is -3.61. The van der Waals surface area contributed by atoms with Crippen LogP contribution in [0.2, 0.25) is 0 Å². The van der Waals surface area contributed by atoms with E-state index in [9.17, 15) is 18.0 Å². The summed E-state index contributed by atoms with van der Waals surface area (Å²) in [4.78, 5) is 31.0. The molecule has 2 aromatic rings. The van der Waals surface area contributed by atoms with Gasteiger partial charge in [0.05, 0.1) is 23.1 Å². The molecule has 1 N–H and O–H groups in total. The standard InChI is InChI=1S/C20H24N4O4S/c1-14-7-8-17(29(27,28)23(2)3)11-18(14)22-20(26)15-10-19(25)24(12-15)13-16-6-4-5-9-21-16/h4-9,11,15H,10,12-13H2,1-3H3,(H,22,26). The van der Waals surface area contributed by atoms with E-state index in [2.05, 4.69) is 10.3 Å². The maximum absolute atomic E-state index is 12.7. The molecule has 1 aromatic heterocycles. The lowest BCUT2D eigenvalue weighted by molar-refractivity contribution is -0.128. The number of rotatable bonds is 6. The fourth-order valence-corrected chi connectivity index (χ4v) is 4.06. The molecular formula is C20H24N4O4S. The molecule has 0 saturated carbocycles. The van der Waals surface area contributed by atoms with Gasteiger partial charge in [-0.15, -0.1) is 0 Å². The molecule has 0 radical (unpaired) electrons. The number of benzene rings is 1. The molecule has 1 atom stereocenters. The van der Waals surface area contributed by atoms with Gasteiger partial charge in [-0.1, -0.05) is 12.1 Å². The number of sulfonamides is 1. The van der Waals surface area contributed by atoms with Crippen LogP contribution in [0.1, 0.15) is 17.7 Å². The predicted molar refractivity (Wildman–Crippen MR) is 108 cm³/mol. The number of pyridine rings is 1. The second kappa shape index (κ2) is 8.30. The molecule has 0 aliphatic carbocycles. The number of likely N-dealkylation sites (tertiary alicyclic amines) is 1. The van der Waals surface area contributed by atoms with Gasteiger partial charge in [0.15, 0.2) is 0 Å². The average Bonchev–Trinajstić information content (AvgIpc) is 3.04. The lowest BCUT2D eigenvalue weighted by Gasteiger charge is -2.17. The third kappa shape index (κ3) is 4.63. The summed E-state index contributed by atoms with van der Waals surface area (Å²) in [5.41, 5.74) is 1.93. The Labute approximate surface area is 170 Å². The summed E-state index contributed by atoms with van der Waals surface area (Å²) < 4.78 is 25.8. The maximum Gasteiger partial charge on any atom is 0.242 e. The lowest BCUT2D eigenvalue weighted by Crippen LogP contribution is -2.28. The number of aromatic nitrogens is 1. The van der Waals surface area contributed by atoms with Gasteiger partial charge in [0.2, 0.25) is 21.8 Å². The number of hydrogen-bond donors (Lipinski definition) is 1. The maximum atomic E-state index is 12.7. The third-order valence-electron chi connectivity index (χ3n) is 4.91. The highest BCUT2D eigenvalue weighted by Crippen LogP contribution is 2.25. The number of nitrogens with zero attached hydrogens (tertiary/aromatic N) is 3. The number of aryl methyl sites for hydroxylation is 1. The van der Waals surface area contributed by atoms with Crippen LogP contribution in [-0.4, -0.2) is 55.1 Å². The molecular weight excluding hydrogens is 392 g/mol. The molecule has 8 nitrogen and oxygen atoms in total. The first kappa shape index (κ1) is 20.9. The summed E-state index contributed by atoms with van der Waals surface area (Å²) in [5, 5.41) is 2.79. The molecule has 1 aliphatic heterocycles. The lowest BCUT2D eigenvalue weighted by atomic mass is 10.1. The SMILES string of the molecule is Cc1ccc(S(=O)(=O)N(C)C)cc1NC(=O)C1CC(=O)N(Cc2ccccn2)C1. The highest BCUT2D eigenvalue weighted by atomic mass is 32.2. The molecule has 3 rings (SSSR count). The van der Waals surface area contributed by atoms with Crippen LogP contribution in [0.5, 0.6) is 0 Å². The van der Waals surface area contributed by atoms with E-state index in [0.29, 0.717) is 18.8 Å². The van der Waals surface area contributed by atoms with Crippen molar-refractivity contribution < 1.29 is 18.0 Å². The predicted octanol–water partition coefficient (Wildman–Crippen LogP) is 1.63. The largest absolute Gasteiger partial charge is 0.336 e. The van der Waals surface area contributed by atoms with Gasteiger partial charge in [0.1, 0.15) is 0 Å². The van der Waals surface area contributed by atoms with Crippen molar-refractivity contribution in [1.29, 1.82) is 0 Å². The minimum Gasteiger partial charge on any atom is -0.336 e. The zero-order valence-corrected chi connectivity index (χ0v) is 17.4. The van der Waals surface area contributed by atoms with E-state index in [1.165, 1.54) is 26.2 Å². The number of anilines is 1. The van der Waals surface area contributed by atoms with Crippen LogP contribution >= 0.6 is 0 Å². The third-order valence-corrected chi connectivity index (χ3v) is 6.72. The minimum absolute atomic E-state index is 0.0997. The van der Waals surface area contributed by atoms with E-state index in [-0.39, 0.29) is 23.1 Å². The van der Waals surface area contributed by atoms with Crippen LogP contribution in [0.3, 0.4) is 0 Å². The Kier molecular flexibility index (Phi) is 5.99. The second-order valence-electron chi connectivity index (χ2n) is 7.25. The van der Waals surface area contributed by atoms with Crippen molar-refractivity contribution >= 4 is 27.5 Å². The van der Waals surface area contributed by atoms with Gasteiger partial charge in [0.25, 0.3) is 0 Å². The van der Waals surface area contributed by atoms with Crippen LogP contribution in [-0.2, 0) is 26.2 Å². The van der Waals surface area contributed by atoms with Gasteiger partial charge in [0, 0.05) is 38.9 Å². The first-order chi connectivity index (χ1) is 13.7. The molecule has 0 spiro atoms. The Balaban J connectivity index is 1.71. The van der Waals surface area contributed by atoms with E-state index in [1.807, 2.05) is 12.1 Å². The Bertz CT molecular complexity index is 1020. The summed E-state index contributed by atoms with van der Waals surface area (Å²) in [5.74, 6) is -0.902. The number of carbonyl (C=O) groups excluding carboxylic acids is 2. The van der Waals surface area contributed by atoms with Crippen LogP contribution in [0.15, 0.2) is 47.5 Å². The van der Waals surface area contributed by atoms with Crippen LogP contribution < -0.4 is 5.32 Å². The van der Waals surface area contributed by atoms with Crippen molar-refractivity contribution in [2.45, 2.75) is 24.8 Å². The number of hydrogen-bond acceptors (Lipinski definition) is 5. The van der Waals surface area contributed by atoms with Crippen LogP contribution in [0.4, 0.5) is 5.69 Å². The Morgan fingerprint density at radius 2 is 2.03 bits per heavy atom. The van der Waals surface area contributed by atoms with Gasteiger partial charge in [-0.05, 0) is 36.8 Å². The van der Waals surface area contributed by atoms with Crippen LogP contribution in [0, 0.1) is 12.8 Å². The topological polar surface area (TPSA) is 99.7 Å². The Hall–Kier alpha value is -2.78. The van der Waals surface area contributed by atoms with E-state index in [4.69, 9.17) is 0 Å². The van der Waals surface area contributed by atoms with Gasteiger partial charge in [-0.2, -0.15) is 0 Å². The summed E-state index contributed by atoms with van der Waals surface area (Å²) in [6.45, 7) is 2.45. The average molecular weight is 417 g/mol. The quantitative estimate of drug-likeness (QED) is 0.772. The molecule has 1 unspecified atom stereocenters. The first-order valence-corrected chi connectivity index (χ1v) is 10.6. The summed E-state index contributed by atoms with van der Waals surface area (Å²) in [6.07, 6.45) is 1.78. The fraction of sp³-hybridized carbons (Fsp3) is 0.350. The zero-order chi connectivity index (χ0) is 21.2. The van der Waals surface area contributed by atoms with Crippen molar-refractivity contribution in [2.24, 2.45) is 5.92 Å². The normalized spacial score (nSPS) is 17.0. The smallest absolute Gasteiger partial charge is 0.242 e.